The van der Waals surface area contributed by atoms with Crippen LogP contribution < -0.4 is 15.2 Å². The van der Waals surface area contributed by atoms with Crippen molar-refractivity contribution in [2.75, 3.05) is 33.6 Å². The lowest BCUT2D eigenvalue weighted by Crippen LogP contribution is -2.42. The molecule has 2 N–H and O–H groups in total. The van der Waals surface area contributed by atoms with E-state index in [0.717, 1.165) is 24.1 Å². The number of benzene rings is 1. The molecule has 6 heteroatoms. The molecule has 0 saturated carbocycles. The van der Waals surface area contributed by atoms with Gasteiger partial charge in [0.25, 0.3) is 0 Å². The Kier molecular flexibility index (Phi) is 4.57. The molecule has 1 atom stereocenters. The highest BCUT2D eigenvalue weighted by atomic mass is 16.5. The van der Waals surface area contributed by atoms with Gasteiger partial charge in [-0.15, -0.1) is 0 Å². The molecule has 1 heterocycles. The Balaban J connectivity index is 2.33. The van der Waals surface area contributed by atoms with E-state index in [0.29, 0.717) is 23.7 Å². The summed E-state index contributed by atoms with van der Waals surface area (Å²) in [6.07, 6.45) is 0.767. The molecule has 0 radical (unpaired) electrons. The van der Waals surface area contributed by atoms with E-state index in [4.69, 9.17) is 19.9 Å². The van der Waals surface area contributed by atoms with Crippen molar-refractivity contribution in [3.05, 3.63) is 17.2 Å². The SMILES string of the molecule is COC(=O)C(C)N1CCc2c(cc(OC)c(OC)c2N)C1. The Morgan fingerprint density at radius 2 is 2.05 bits per heavy atom. The number of esters is 1. The number of methoxy groups -OCH3 is 3. The summed E-state index contributed by atoms with van der Waals surface area (Å²) in [5.74, 6) is 0.957. The number of carbonyl (C=O) groups is 1. The van der Waals surface area contributed by atoms with E-state index in [2.05, 4.69) is 4.90 Å². The van der Waals surface area contributed by atoms with E-state index in [-0.39, 0.29) is 12.0 Å². The van der Waals surface area contributed by atoms with Crippen molar-refractivity contribution >= 4 is 11.7 Å². The van der Waals surface area contributed by atoms with E-state index in [1.807, 2.05) is 13.0 Å². The monoisotopic (exact) mass is 294 g/mol. The summed E-state index contributed by atoms with van der Waals surface area (Å²) >= 11 is 0. The van der Waals surface area contributed by atoms with Crippen LogP contribution in [-0.4, -0.2) is 44.8 Å². The van der Waals surface area contributed by atoms with Gasteiger partial charge in [-0.2, -0.15) is 0 Å². The lowest BCUT2D eigenvalue weighted by atomic mass is 9.95. The van der Waals surface area contributed by atoms with E-state index in [1.165, 1.54) is 7.11 Å². The molecule has 116 valence electrons. The molecule has 0 spiro atoms. The second-order valence-electron chi connectivity index (χ2n) is 5.08. The van der Waals surface area contributed by atoms with Crippen LogP contribution >= 0.6 is 0 Å². The van der Waals surface area contributed by atoms with Crippen LogP contribution in [0, 0.1) is 0 Å². The molecule has 1 unspecified atom stereocenters. The first kappa shape index (κ1) is 15.4. The number of fused-ring (bicyclic) bond motifs is 1. The molecule has 0 aliphatic carbocycles. The summed E-state index contributed by atoms with van der Waals surface area (Å²) in [4.78, 5) is 13.7. The zero-order valence-electron chi connectivity index (χ0n) is 12.9. The van der Waals surface area contributed by atoms with Gasteiger partial charge in [-0.05, 0) is 30.5 Å². The molecule has 1 aromatic carbocycles. The molecule has 0 aromatic heterocycles. The summed E-state index contributed by atoms with van der Waals surface area (Å²) in [6.45, 7) is 3.24. The minimum atomic E-state index is -0.280. The summed E-state index contributed by atoms with van der Waals surface area (Å²) in [5.41, 5.74) is 8.94. The number of anilines is 1. The van der Waals surface area contributed by atoms with E-state index >= 15 is 0 Å². The van der Waals surface area contributed by atoms with Gasteiger partial charge in [0.1, 0.15) is 6.04 Å². The Hall–Kier alpha value is -1.95. The Labute approximate surface area is 124 Å². The van der Waals surface area contributed by atoms with Crippen molar-refractivity contribution in [3.63, 3.8) is 0 Å². The highest BCUT2D eigenvalue weighted by Gasteiger charge is 2.28. The van der Waals surface area contributed by atoms with Crippen LogP contribution in [0.5, 0.6) is 11.5 Å². The zero-order chi connectivity index (χ0) is 15.6. The van der Waals surface area contributed by atoms with E-state index in [1.54, 1.807) is 14.2 Å². The maximum absolute atomic E-state index is 11.7. The third-order valence-electron chi connectivity index (χ3n) is 4.02. The fourth-order valence-electron chi connectivity index (χ4n) is 2.76. The van der Waals surface area contributed by atoms with E-state index in [9.17, 15) is 4.79 Å². The van der Waals surface area contributed by atoms with Gasteiger partial charge in [-0.3, -0.25) is 9.69 Å². The summed E-state index contributed by atoms with van der Waals surface area (Å²) in [5, 5.41) is 0. The summed E-state index contributed by atoms with van der Waals surface area (Å²) < 4.78 is 15.5. The Morgan fingerprint density at radius 1 is 1.33 bits per heavy atom. The average molecular weight is 294 g/mol. The van der Waals surface area contributed by atoms with Gasteiger partial charge >= 0.3 is 5.97 Å². The molecule has 0 amide bonds. The number of nitrogens with two attached hydrogens (primary N) is 1. The molecule has 1 aliphatic heterocycles. The predicted octanol–water partition coefficient (Wildman–Crippen LogP) is 1.21. The Bertz CT molecular complexity index is 545. The van der Waals surface area contributed by atoms with Crippen molar-refractivity contribution in [3.8, 4) is 11.5 Å². The number of hydrogen-bond donors (Lipinski definition) is 1. The third-order valence-corrected chi connectivity index (χ3v) is 4.02. The summed E-state index contributed by atoms with van der Waals surface area (Å²) in [6, 6.07) is 1.65. The van der Waals surface area contributed by atoms with Gasteiger partial charge in [0, 0.05) is 13.1 Å². The zero-order valence-corrected chi connectivity index (χ0v) is 12.9. The summed E-state index contributed by atoms with van der Waals surface area (Å²) in [7, 11) is 4.57. The van der Waals surface area contributed by atoms with Crippen LogP contribution in [0.3, 0.4) is 0 Å². The largest absolute Gasteiger partial charge is 0.493 e. The second kappa shape index (κ2) is 6.22. The van der Waals surface area contributed by atoms with Crippen molar-refractivity contribution in [2.45, 2.75) is 25.9 Å². The van der Waals surface area contributed by atoms with Crippen LogP contribution in [0.1, 0.15) is 18.1 Å². The van der Waals surface area contributed by atoms with Crippen molar-refractivity contribution in [1.82, 2.24) is 4.90 Å². The molecule has 1 aliphatic rings. The molecule has 2 rings (SSSR count). The lowest BCUT2D eigenvalue weighted by molar-refractivity contribution is -0.146. The molecule has 6 nitrogen and oxygen atoms in total. The third kappa shape index (κ3) is 2.76. The van der Waals surface area contributed by atoms with Gasteiger partial charge in [0.05, 0.1) is 27.0 Å². The van der Waals surface area contributed by atoms with Crippen LogP contribution in [0.4, 0.5) is 5.69 Å². The Morgan fingerprint density at radius 3 is 2.62 bits per heavy atom. The van der Waals surface area contributed by atoms with Crippen molar-refractivity contribution < 1.29 is 19.0 Å². The fourth-order valence-corrected chi connectivity index (χ4v) is 2.76. The predicted molar refractivity (Wildman–Crippen MR) is 79.6 cm³/mol. The highest BCUT2D eigenvalue weighted by molar-refractivity contribution is 5.75. The van der Waals surface area contributed by atoms with Crippen LogP contribution in [-0.2, 0) is 22.5 Å². The fraction of sp³-hybridized carbons (Fsp3) is 0.533. The van der Waals surface area contributed by atoms with Crippen LogP contribution in [0.15, 0.2) is 6.07 Å². The smallest absolute Gasteiger partial charge is 0.322 e. The van der Waals surface area contributed by atoms with Crippen molar-refractivity contribution in [2.24, 2.45) is 0 Å². The van der Waals surface area contributed by atoms with Gasteiger partial charge < -0.3 is 19.9 Å². The topological polar surface area (TPSA) is 74.0 Å². The number of rotatable bonds is 4. The van der Waals surface area contributed by atoms with Crippen LogP contribution in [0.25, 0.3) is 0 Å². The molecular formula is C15H22N2O4. The maximum Gasteiger partial charge on any atom is 0.322 e. The van der Waals surface area contributed by atoms with E-state index < -0.39 is 0 Å². The first-order valence-corrected chi connectivity index (χ1v) is 6.87. The first-order valence-electron chi connectivity index (χ1n) is 6.87. The average Bonchev–Trinajstić information content (AvgIpc) is 2.52. The molecule has 0 bridgehead atoms. The molecule has 21 heavy (non-hydrogen) atoms. The lowest BCUT2D eigenvalue weighted by Gasteiger charge is -2.33. The minimum Gasteiger partial charge on any atom is -0.493 e. The van der Waals surface area contributed by atoms with Gasteiger partial charge in [0.15, 0.2) is 11.5 Å². The molecule has 0 fully saturated rings. The quantitative estimate of drug-likeness (QED) is 0.664. The van der Waals surface area contributed by atoms with Gasteiger partial charge in [-0.25, -0.2) is 0 Å². The standard InChI is InChI=1S/C15H22N2O4/c1-9(15(18)21-4)17-6-5-11-10(8-17)7-12(19-2)14(20-3)13(11)16/h7,9H,5-6,8,16H2,1-4H3. The minimum absolute atomic E-state index is 0.230. The number of nitrogen functional groups attached to an aromatic ring is 1. The highest BCUT2D eigenvalue weighted by Crippen LogP contribution is 2.40. The number of nitrogens with zero attached hydrogens (tertiary/aromatic N) is 1. The van der Waals surface area contributed by atoms with Gasteiger partial charge in [0.2, 0.25) is 0 Å². The van der Waals surface area contributed by atoms with Gasteiger partial charge in [-0.1, -0.05) is 0 Å². The van der Waals surface area contributed by atoms with Crippen molar-refractivity contribution in [1.29, 1.82) is 0 Å². The number of ether oxygens (including phenoxy) is 3. The number of carbonyl (C=O) groups excluding carboxylic acids is 1. The first-order chi connectivity index (χ1) is 10.0. The maximum atomic E-state index is 11.7. The van der Waals surface area contributed by atoms with Crippen LogP contribution in [0.2, 0.25) is 0 Å². The molecule has 0 saturated heterocycles. The molecular weight excluding hydrogens is 272 g/mol. The molecule has 1 aromatic rings. The normalized spacial score (nSPS) is 16.0. The number of hydrogen-bond acceptors (Lipinski definition) is 6. The second-order valence-corrected chi connectivity index (χ2v) is 5.08.